The average molecular weight is 594 g/mol. The second-order valence-electron chi connectivity index (χ2n) is 7.23. The molecule has 0 bridgehead atoms. The van der Waals surface area contributed by atoms with Crippen LogP contribution in [0.15, 0.2) is 92.7 Å². The van der Waals surface area contributed by atoms with Crippen molar-refractivity contribution in [1.29, 1.82) is 0 Å². The van der Waals surface area contributed by atoms with Crippen molar-refractivity contribution in [2.24, 2.45) is 0 Å². The molecule has 0 unspecified atom stereocenters. The Hall–Kier alpha value is -1.65. The van der Waals surface area contributed by atoms with E-state index < -0.39 is 10.1 Å². The Balaban J connectivity index is 0.00000259. The van der Waals surface area contributed by atoms with E-state index in [2.05, 4.69) is 31.9 Å². The van der Waals surface area contributed by atoms with Crippen LogP contribution in [-0.2, 0) is 10.1 Å². The third-order valence-electron chi connectivity index (χ3n) is 5.14. The monoisotopic (exact) mass is 592 g/mol. The number of nitrogens with zero attached hydrogens (tertiary/aromatic N) is 2. The fraction of sp³-hybridized carbons (Fsp3) is 0. The molecule has 5 aromatic rings. The van der Waals surface area contributed by atoms with Crippen LogP contribution in [0.4, 0.5) is 0 Å². The van der Waals surface area contributed by atoms with Crippen molar-refractivity contribution in [3.63, 3.8) is 0 Å². The SMILES string of the molecule is O=S(=O)(O)c1cccc2cc3nc(-c4ccc(Br)cc4)c(-c4ccc(Br)cc4)nc3cc12.[NaH]. The zero-order valence-electron chi connectivity index (χ0n) is 16.3. The second-order valence-corrected chi connectivity index (χ2v) is 10.4. The number of rotatable bonds is 3. The van der Waals surface area contributed by atoms with Crippen molar-refractivity contribution >= 4 is 93.3 Å². The van der Waals surface area contributed by atoms with Crippen molar-refractivity contribution in [2.45, 2.75) is 4.90 Å². The molecule has 0 spiro atoms. The number of benzene rings is 4. The molecule has 4 aromatic carbocycles. The van der Waals surface area contributed by atoms with Gasteiger partial charge in [-0.3, -0.25) is 4.55 Å². The summed E-state index contributed by atoms with van der Waals surface area (Å²) < 4.78 is 35.3. The molecule has 0 aliphatic heterocycles. The topological polar surface area (TPSA) is 80.2 Å². The molecule has 160 valence electrons. The van der Waals surface area contributed by atoms with Gasteiger partial charge in [0.2, 0.25) is 0 Å². The fourth-order valence-corrected chi connectivity index (χ4v) is 4.88. The van der Waals surface area contributed by atoms with Gasteiger partial charge in [-0.25, -0.2) is 9.97 Å². The molecule has 9 heteroatoms. The first-order chi connectivity index (χ1) is 15.3. The average Bonchev–Trinajstić information content (AvgIpc) is 2.77. The van der Waals surface area contributed by atoms with E-state index in [1.54, 1.807) is 24.3 Å². The Labute approximate surface area is 229 Å². The van der Waals surface area contributed by atoms with E-state index in [9.17, 15) is 13.0 Å². The van der Waals surface area contributed by atoms with Crippen molar-refractivity contribution in [2.75, 3.05) is 0 Å². The van der Waals surface area contributed by atoms with Crippen LogP contribution in [0.2, 0.25) is 0 Å². The van der Waals surface area contributed by atoms with E-state index in [4.69, 9.17) is 9.97 Å². The molecular formula is C24H15Br2N2NaO3S. The van der Waals surface area contributed by atoms with Gasteiger partial charge in [0.15, 0.2) is 0 Å². The zero-order valence-corrected chi connectivity index (χ0v) is 20.3. The maximum atomic E-state index is 11.9. The Morgan fingerprint density at radius 1 is 0.697 bits per heavy atom. The molecule has 0 saturated heterocycles. The molecule has 5 nitrogen and oxygen atoms in total. The summed E-state index contributed by atoms with van der Waals surface area (Å²) in [6.07, 6.45) is 0. The number of hydrogen-bond acceptors (Lipinski definition) is 4. The molecule has 1 heterocycles. The predicted octanol–water partition coefficient (Wildman–Crippen LogP) is 6.24. The number of fused-ring (bicyclic) bond motifs is 2. The van der Waals surface area contributed by atoms with E-state index >= 15 is 0 Å². The Morgan fingerprint density at radius 3 is 1.67 bits per heavy atom. The van der Waals surface area contributed by atoms with Crippen molar-refractivity contribution in [3.8, 4) is 22.5 Å². The molecule has 0 aliphatic carbocycles. The van der Waals surface area contributed by atoms with Gasteiger partial charge >= 0.3 is 29.6 Å². The van der Waals surface area contributed by atoms with Gasteiger partial charge in [0, 0.05) is 25.5 Å². The molecule has 1 N–H and O–H groups in total. The standard InChI is InChI=1S/C24H14Br2N2O3S.Na.H/c25-17-8-4-14(5-9-17)23-24(15-6-10-18(26)11-7-15)28-21-13-19-16(12-20(21)27-23)2-1-3-22(19)32(29,30)31;;/h1-13H,(H,29,30,31);;. The van der Waals surface area contributed by atoms with Crippen LogP contribution in [0.5, 0.6) is 0 Å². The summed E-state index contributed by atoms with van der Waals surface area (Å²) >= 11 is 6.93. The summed E-state index contributed by atoms with van der Waals surface area (Å²) in [7, 11) is -4.38. The summed E-state index contributed by atoms with van der Waals surface area (Å²) in [5.41, 5.74) is 4.35. The molecular weight excluding hydrogens is 579 g/mol. The first-order valence-corrected chi connectivity index (χ1v) is 12.6. The van der Waals surface area contributed by atoms with E-state index in [1.807, 2.05) is 48.5 Å². The molecule has 0 saturated carbocycles. The van der Waals surface area contributed by atoms with Crippen molar-refractivity contribution in [1.82, 2.24) is 9.97 Å². The normalized spacial score (nSPS) is 11.5. The van der Waals surface area contributed by atoms with Crippen molar-refractivity contribution in [3.05, 3.63) is 87.8 Å². The second kappa shape index (κ2) is 9.54. The van der Waals surface area contributed by atoms with Crippen LogP contribution < -0.4 is 0 Å². The summed E-state index contributed by atoms with van der Waals surface area (Å²) in [6, 6.07) is 23.8. The quantitative estimate of drug-likeness (QED) is 0.152. The molecule has 0 radical (unpaired) electrons. The zero-order chi connectivity index (χ0) is 22.5. The van der Waals surface area contributed by atoms with Gasteiger partial charge in [-0.1, -0.05) is 68.3 Å². The van der Waals surface area contributed by atoms with E-state index in [0.717, 1.165) is 25.8 Å². The van der Waals surface area contributed by atoms with Crippen LogP contribution in [0.3, 0.4) is 0 Å². The van der Waals surface area contributed by atoms with E-state index in [1.165, 1.54) is 6.07 Å². The Kier molecular flexibility index (Phi) is 7.08. The molecule has 0 atom stereocenters. The van der Waals surface area contributed by atoms with Crippen LogP contribution in [-0.4, -0.2) is 52.5 Å². The number of aromatic nitrogens is 2. The van der Waals surface area contributed by atoms with Crippen LogP contribution in [0.1, 0.15) is 0 Å². The van der Waals surface area contributed by atoms with Gasteiger partial charge in [-0.2, -0.15) is 8.42 Å². The Morgan fingerprint density at radius 2 is 1.18 bits per heavy atom. The van der Waals surface area contributed by atoms with Gasteiger partial charge < -0.3 is 0 Å². The molecule has 0 fully saturated rings. The van der Waals surface area contributed by atoms with Crippen LogP contribution >= 0.6 is 31.9 Å². The van der Waals surface area contributed by atoms with Gasteiger partial charge in [-0.05, 0) is 47.9 Å². The van der Waals surface area contributed by atoms with E-state index in [0.29, 0.717) is 27.5 Å². The fourth-order valence-electron chi connectivity index (χ4n) is 3.64. The minimum absolute atomic E-state index is 0. The third kappa shape index (κ3) is 4.93. The van der Waals surface area contributed by atoms with Gasteiger partial charge in [0.25, 0.3) is 10.1 Å². The molecule has 5 rings (SSSR count). The first-order valence-electron chi connectivity index (χ1n) is 9.53. The molecule has 0 aliphatic rings. The molecule has 1 aromatic heterocycles. The third-order valence-corrected chi connectivity index (χ3v) is 7.11. The number of hydrogen-bond donors (Lipinski definition) is 1. The Bertz CT molecular complexity index is 1610. The maximum absolute atomic E-state index is 11.9. The predicted molar refractivity (Wildman–Crippen MR) is 140 cm³/mol. The van der Waals surface area contributed by atoms with Gasteiger partial charge in [0.1, 0.15) is 4.90 Å². The molecule has 0 amide bonds. The summed E-state index contributed by atoms with van der Waals surface area (Å²) in [5, 5.41) is 1.05. The summed E-state index contributed by atoms with van der Waals surface area (Å²) in [6.45, 7) is 0. The number of halogens is 2. The van der Waals surface area contributed by atoms with E-state index in [-0.39, 0.29) is 34.5 Å². The van der Waals surface area contributed by atoms with Crippen molar-refractivity contribution < 1.29 is 13.0 Å². The summed E-state index contributed by atoms with van der Waals surface area (Å²) in [5.74, 6) is 0. The van der Waals surface area contributed by atoms with Gasteiger partial charge in [-0.15, -0.1) is 0 Å². The molecule has 33 heavy (non-hydrogen) atoms. The van der Waals surface area contributed by atoms with Crippen LogP contribution in [0, 0.1) is 0 Å². The minimum atomic E-state index is -4.38. The first kappa shape index (κ1) is 24.5. The van der Waals surface area contributed by atoms with Crippen LogP contribution in [0.25, 0.3) is 44.3 Å². The van der Waals surface area contributed by atoms with Gasteiger partial charge in [0.05, 0.1) is 22.4 Å². The summed E-state index contributed by atoms with van der Waals surface area (Å²) in [4.78, 5) is 9.64.